The highest BCUT2D eigenvalue weighted by Crippen LogP contribution is 2.31. The Morgan fingerprint density at radius 2 is 2.17 bits per heavy atom. The topological polar surface area (TPSA) is 9.23 Å². The Morgan fingerprint density at radius 1 is 1.42 bits per heavy atom. The highest BCUT2D eigenvalue weighted by Gasteiger charge is 2.25. The average molecular weight is 205 g/mol. The molecule has 0 N–H and O–H groups in total. The molecule has 1 fully saturated rings. The van der Waals surface area contributed by atoms with Crippen molar-refractivity contribution in [3.8, 4) is 0 Å². The van der Waals surface area contributed by atoms with E-state index < -0.39 is 0 Å². The molecule has 0 aromatic carbocycles. The molecule has 0 saturated heterocycles. The Kier molecular flexibility index (Phi) is 2.33. The molecule has 0 amide bonds. The van der Waals surface area contributed by atoms with E-state index in [1.807, 2.05) is 12.2 Å². The second-order valence-corrected chi connectivity index (χ2v) is 4.20. The molecule has 0 radical (unpaired) electrons. The van der Waals surface area contributed by atoms with Crippen molar-refractivity contribution in [3.05, 3.63) is 22.9 Å². The molecule has 0 aromatic heterocycles. The summed E-state index contributed by atoms with van der Waals surface area (Å²) in [6, 6.07) is 0. The van der Waals surface area contributed by atoms with E-state index in [1.165, 1.54) is 12.8 Å². The standard InChI is InChI=1S/C9H10Cl2O/c10-6-3-7(11)5-9(4-6)12-8-1-2-8/h3-4,7-8H,1-2,5H2. The Balaban J connectivity index is 1.99. The fraction of sp³-hybridized carbons (Fsp3) is 0.556. The maximum atomic E-state index is 5.93. The minimum Gasteiger partial charge on any atom is -0.495 e. The summed E-state index contributed by atoms with van der Waals surface area (Å²) in [4.78, 5) is 0. The fourth-order valence-electron chi connectivity index (χ4n) is 1.17. The molecule has 0 aromatic rings. The molecular formula is C9H10Cl2O. The molecule has 1 saturated carbocycles. The van der Waals surface area contributed by atoms with Crippen LogP contribution in [0, 0.1) is 0 Å². The molecular weight excluding hydrogens is 195 g/mol. The lowest BCUT2D eigenvalue weighted by Crippen LogP contribution is -2.06. The zero-order chi connectivity index (χ0) is 8.55. The van der Waals surface area contributed by atoms with Crippen molar-refractivity contribution in [2.24, 2.45) is 0 Å². The Bertz CT molecular complexity index is 241. The van der Waals surface area contributed by atoms with Gasteiger partial charge in [-0.05, 0) is 25.0 Å². The number of ether oxygens (including phenoxy) is 1. The summed E-state index contributed by atoms with van der Waals surface area (Å²) < 4.78 is 5.59. The van der Waals surface area contributed by atoms with Gasteiger partial charge in [0.15, 0.2) is 0 Å². The average Bonchev–Trinajstić information content (AvgIpc) is 2.68. The highest BCUT2D eigenvalue weighted by atomic mass is 35.5. The van der Waals surface area contributed by atoms with Crippen molar-refractivity contribution in [2.45, 2.75) is 30.7 Å². The molecule has 2 aliphatic rings. The molecule has 66 valence electrons. The summed E-state index contributed by atoms with van der Waals surface area (Å²) in [5.74, 6) is 0.935. The summed E-state index contributed by atoms with van der Waals surface area (Å²) in [5, 5.41) is 0.688. The van der Waals surface area contributed by atoms with E-state index in [-0.39, 0.29) is 5.38 Å². The molecule has 0 heterocycles. The summed E-state index contributed by atoms with van der Waals surface area (Å²) in [6.07, 6.45) is 7.25. The van der Waals surface area contributed by atoms with Crippen LogP contribution in [-0.2, 0) is 4.74 Å². The lowest BCUT2D eigenvalue weighted by Gasteiger charge is -2.15. The number of hydrogen-bond donors (Lipinski definition) is 0. The van der Waals surface area contributed by atoms with Gasteiger partial charge in [-0.2, -0.15) is 0 Å². The predicted octanol–water partition coefficient (Wildman–Crippen LogP) is 3.18. The van der Waals surface area contributed by atoms with Gasteiger partial charge < -0.3 is 4.74 Å². The first-order valence-corrected chi connectivity index (χ1v) is 4.94. The second kappa shape index (κ2) is 3.31. The lowest BCUT2D eigenvalue weighted by atomic mass is 10.1. The first kappa shape index (κ1) is 8.46. The van der Waals surface area contributed by atoms with Crippen LogP contribution in [0.4, 0.5) is 0 Å². The van der Waals surface area contributed by atoms with Gasteiger partial charge >= 0.3 is 0 Å². The summed E-state index contributed by atoms with van der Waals surface area (Å²) >= 11 is 11.8. The van der Waals surface area contributed by atoms with Crippen molar-refractivity contribution >= 4 is 23.2 Å². The molecule has 0 bridgehead atoms. The molecule has 3 heteroatoms. The van der Waals surface area contributed by atoms with Crippen LogP contribution in [0.1, 0.15) is 19.3 Å². The van der Waals surface area contributed by atoms with Crippen molar-refractivity contribution in [1.82, 2.24) is 0 Å². The van der Waals surface area contributed by atoms with Crippen LogP contribution in [0.3, 0.4) is 0 Å². The first-order valence-electron chi connectivity index (χ1n) is 4.12. The number of halogens is 2. The second-order valence-electron chi connectivity index (χ2n) is 3.20. The number of allylic oxidation sites excluding steroid dienone is 4. The number of hydrogen-bond acceptors (Lipinski definition) is 1. The van der Waals surface area contributed by atoms with Crippen molar-refractivity contribution in [3.63, 3.8) is 0 Å². The van der Waals surface area contributed by atoms with Gasteiger partial charge in [0.25, 0.3) is 0 Å². The molecule has 2 aliphatic carbocycles. The van der Waals surface area contributed by atoms with Crippen LogP contribution in [0.5, 0.6) is 0 Å². The Hall–Kier alpha value is -0.140. The monoisotopic (exact) mass is 204 g/mol. The van der Waals surface area contributed by atoms with Crippen molar-refractivity contribution in [1.29, 1.82) is 0 Å². The largest absolute Gasteiger partial charge is 0.495 e. The van der Waals surface area contributed by atoms with Crippen LogP contribution in [0.25, 0.3) is 0 Å². The van der Waals surface area contributed by atoms with E-state index in [4.69, 9.17) is 27.9 Å². The van der Waals surface area contributed by atoms with Gasteiger partial charge in [0, 0.05) is 11.5 Å². The molecule has 0 aliphatic heterocycles. The SMILES string of the molecule is ClC1=CC(Cl)CC(OC2CC2)=C1. The van der Waals surface area contributed by atoms with Gasteiger partial charge in [0.1, 0.15) is 0 Å². The van der Waals surface area contributed by atoms with Gasteiger partial charge in [-0.15, -0.1) is 11.6 Å². The quantitative estimate of drug-likeness (QED) is 0.629. The van der Waals surface area contributed by atoms with Gasteiger partial charge in [-0.3, -0.25) is 0 Å². The van der Waals surface area contributed by atoms with Crippen LogP contribution in [-0.4, -0.2) is 11.5 Å². The fourth-order valence-corrected chi connectivity index (χ4v) is 1.79. The zero-order valence-electron chi connectivity index (χ0n) is 6.59. The Morgan fingerprint density at radius 3 is 2.75 bits per heavy atom. The number of alkyl halides is 1. The molecule has 1 atom stereocenters. The van der Waals surface area contributed by atoms with Gasteiger partial charge in [0.05, 0.1) is 17.2 Å². The van der Waals surface area contributed by atoms with E-state index in [9.17, 15) is 0 Å². The van der Waals surface area contributed by atoms with Crippen molar-refractivity contribution in [2.75, 3.05) is 0 Å². The maximum absolute atomic E-state index is 5.93. The van der Waals surface area contributed by atoms with E-state index in [2.05, 4.69) is 0 Å². The van der Waals surface area contributed by atoms with Gasteiger partial charge in [-0.1, -0.05) is 11.6 Å². The van der Waals surface area contributed by atoms with Crippen LogP contribution in [0.15, 0.2) is 22.9 Å². The van der Waals surface area contributed by atoms with Crippen molar-refractivity contribution < 1.29 is 4.74 Å². The zero-order valence-corrected chi connectivity index (χ0v) is 8.11. The summed E-state index contributed by atoms with van der Waals surface area (Å²) in [6.45, 7) is 0. The molecule has 0 spiro atoms. The third-order valence-corrected chi connectivity index (χ3v) is 2.39. The lowest BCUT2D eigenvalue weighted by molar-refractivity contribution is 0.187. The van der Waals surface area contributed by atoms with E-state index in [0.717, 1.165) is 12.2 Å². The van der Waals surface area contributed by atoms with Crippen LogP contribution < -0.4 is 0 Å². The van der Waals surface area contributed by atoms with E-state index in [0.29, 0.717) is 11.1 Å². The normalized spacial score (nSPS) is 29.3. The summed E-state index contributed by atoms with van der Waals surface area (Å²) in [7, 11) is 0. The highest BCUT2D eigenvalue weighted by molar-refractivity contribution is 6.32. The van der Waals surface area contributed by atoms with E-state index >= 15 is 0 Å². The Labute approximate surface area is 82.0 Å². The maximum Gasteiger partial charge on any atom is 0.0996 e. The van der Waals surface area contributed by atoms with Crippen LogP contribution in [0.2, 0.25) is 0 Å². The van der Waals surface area contributed by atoms with Gasteiger partial charge in [-0.25, -0.2) is 0 Å². The first-order chi connectivity index (χ1) is 5.74. The van der Waals surface area contributed by atoms with Gasteiger partial charge in [0.2, 0.25) is 0 Å². The minimum atomic E-state index is -0.00347. The number of rotatable bonds is 2. The molecule has 1 nitrogen and oxygen atoms in total. The predicted molar refractivity (Wildman–Crippen MR) is 50.4 cm³/mol. The molecule has 1 unspecified atom stereocenters. The third kappa shape index (κ3) is 2.18. The van der Waals surface area contributed by atoms with E-state index in [1.54, 1.807) is 0 Å². The minimum absolute atomic E-state index is 0.00347. The van der Waals surface area contributed by atoms with Crippen LogP contribution >= 0.6 is 23.2 Å². The molecule has 12 heavy (non-hydrogen) atoms. The smallest absolute Gasteiger partial charge is 0.0996 e. The molecule has 2 rings (SSSR count). The third-order valence-electron chi connectivity index (χ3n) is 1.88. The summed E-state index contributed by atoms with van der Waals surface area (Å²) in [5.41, 5.74) is 0.